The lowest BCUT2D eigenvalue weighted by molar-refractivity contribution is -0.154. The number of benzene rings is 1. The van der Waals surface area contributed by atoms with Gasteiger partial charge in [0.25, 0.3) is 5.91 Å². The molecule has 1 aromatic carbocycles. The molecule has 0 bridgehead atoms. The van der Waals surface area contributed by atoms with Crippen molar-refractivity contribution in [2.45, 2.75) is 18.3 Å². The Kier molecular flexibility index (Phi) is 5.26. The molecule has 2 heterocycles. The maximum Gasteiger partial charge on any atom is 0.422 e. The first kappa shape index (κ1) is 19.0. The molecular weight excluding hydrogens is 368 g/mol. The maximum atomic E-state index is 14.1. The molecule has 0 saturated carbocycles. The highest BCUT2D eigenvalue weighted by molar-refractivity contribution is 6.03. The van der Waals surface area contributed by atoms with E-state index in [1.165, 1.54) is 0 Å². The molecule has 2 N–H and O–H groups in total. The molecule has 1 aliphatic heterocycles. The van der Waals surface area contributed by atoms with Crippen molar-refractivity contribution in [3.8, 4) is 6.01 Å². The molecule has 10 heteroatoms. The van der Waals surface area contributed by atoms with Gasteiger partial charge < -0.3 is 15.4 Å². The van der Waals surface area contributed by atoms with Gasteiger partial charge in [0.2, 0.25) is 0 Å². The minimum Gasteiger partial charge on any atom is -0.454 e. The Morgan fingerprint density at radius 2 is 1.81 bits per heavy atom. The van der Waals surface area contributed by atoms with E-state index < -0.39 is 30.4 Å². The van der Waals surface area contributed by atoms with Crippen LogP contribution in [0.25, 0.3) is 0 Å². The number of hydrogen-bond donors (Lipinski definition) is 2. The van der Waals surface area contributed by atoms with Crippen LogP contribution in [0.2, 0.25) is 0 Å². The zero-order valence-corrected chi connectivity index (χ0v) is 14.0. The highest BCUT2D eigenvalue weighted by atomic mass is 19.4. The van der Waals surface area contributed by atoms with Crippen LogP contribution in [0.15, 0.2) is 36.7 Å². The van der Waals surface area contributed by atoms with E-state index in [9.17, 15) is 22.4 Å². The summed E-state index contributed by atoms with van der Waals surface area (Å²) in [7, 11) is 0. The van der Waals surface area contributed by atoms with Gasteiger partial charge in [-0.25, -0.2) is 14.4 Å². The van der Waals surface area contributed by atoms with Gasteiger partial charge in [-0.05, 0) is 17.7 Å². The quantitative estimate of drug-likeness (QED) is 0.749. The van der Waals surface area contributed by atoms with E-state index >= 15 is 0 Å². The number of carbonyl (C=O) groups is 1. The van der Waals surface area contributed by atoms with Gasteiger partial charge >= 0.3 is 12.2 Å². The second-order valence-corrected chi connectivity index (χ2v) is 6.24. The maximum absolute atomic E-state index is 14.1. The summed E-state index contributed by atoms with van der Waals surface area (Å²) in [6.45, 7) is -0.858. The Balaban J connectivity index is 1.55. The largest absolute Gasteiger partial charge is 0.454 e. The number of rotatable bonds is 6. The van der Waals surface area contributed by atoms with Gasteiger partial charge in [0.15, 0.2) is 6.61 Å². The summed E-state index contributed by atoms with van der Waals surface area (Å²) in [4.78, 5) is 19.3. The van der Waals surface area contributed by atoms with Crippen LogP contribution in [0.3, 0.4) is 0 Å². The van der Waals surface area contributed by atoms with Crippen LogP contribution in [0.5, 0.6) is 6.01 Å². The number of amides is 1. The standard InChI is InChI=1S/C17H16F4N4O2/c18-16(8-22-9-16)5-11-1-3-13(4-2-11)25-14(26)12-6-23-15(24-7-12)27-10-17(19,20)21/h1-4,6-7,22H,5,8-10H2,(H,25,26). The molecule has 0 atom stereocenters. The number of nitrogens with one attached hydrogen (secondary N) is 2. The molecule has 1 fully saturated rings. The number of nitrogens with zero attached hydrogens (tertiary/aromatic N) is 2. The molecule has 0 aliphatic carbocycles. The van der Waals surface area contributed by atoms with Crippen LogP contribution >= 0.6 is 0 Å². The van der Waals surface area contributed by atoms with E-state index in [1.807, 2.05) is 0 Å². The zero-order chi connectivity index (χ0) is 19.5. The van der Waals surface area contributed by atoms with Gasteiger partial charge in [0.1, 0.15) is 5.67 Å². The molecule has 3 rings (SSSR count). The van der Waals surface area contributed by atoms with E-state index in [4.69, 9.17) is 0 Å². The molecule has 1 aromatic heterocycles. The molecule has 1 saturated heterocycles. The van der Waals surface area contributed by atoms with Gasteiger partial charge in [-0.15, -0.1) is 0 Å². The Morgan fingerprint density at radius 1 is 1.19 bits per heavy atom. The van der Waals surface area contributed by atoms with Crippen LogP contribution in [0, 0.1) is 0 Å². The molecule has 6 nitrogen and oxygen atoms in total. The Bertz CT molecular complexity index is 790. The first-order valence-corrected chi connectivity index (χ1v) is 8.04. The third kappa shape index (κ3) is 5.36. The lowest BCUT2D eigenvalue weighted by Crippen LogP contribution is -2.57. The van der Waals surface area contributed by atoms with Crippen LogP contribution < -0.4 is 15.4 Å². The van der Waals surface area contributed by atoms with E-state index in [1.54, 1.807) is 24.3 Å². The summed E-state index contributed by atoms with van der Waals surface area (Å²) in [6, 6.07) is 6.26. The minimum absolute atomic E-state index is 0.0571. The second kappa shape index (κ2) is 7.47. The molecule has 0 spiro atoms. The van der Waals surface area contributed by atoms with Crippen molar-refractivity contribution in [1.82, 2.24) is 15.3 Å². The van der Waals surface area contributed by atoms with Crippen LogP contribution in [0.4, 0.5) is 23.2 Å². The molecule has 2 aromatic rings. The lowest BCUT2D eigenvalue weighted by Gasteiger charge is -2.35. The first-order valence-electron chi connectivity index (χ1n) is 8.04. The molecule has 0 radical (unpaired) electrons. The molecule has 27 heavy (non-hydrogen) atoms. The van der Waals surface area contributed by atoms with Gasteiger partial charge in [0.05, 0.1) is 5.56 Å². The number of alkyl halides is 4. The lowest BCUT2D eigenvalue weighted by atomic mass is 9.91. The van der Waals surface area contributed by atoms with Crippen LogP contribution in [-0.4, -0.2) is 47.4 Å². The monoisotopic (exact) mass is 384 g/mol. The molecule has 1 aliphatic rings. The molecule has 1 amide bonds. The normalized spacial score (nSPS) is 15.7. The fourth-order valence-corrected chi connectivity index (χ4v) is 2.45. The van der Waals surface area contributed by atoms with Crippen LogP contribution in [-0.2, 0) is 6.42 Å². The summed E-state index contributed by atoms with van der Waals surface area (Å²) >= 11 is 0. The smallest absolute Gasteiger partial charge is 0.422 e. The number of halogens is 4. The Morgan fingerprint density at radius 3 is 2.33 bits per heavy atom. The summed E-state index contributed by atoms with van der Waals surface area (Å²) < 4.78 is 54.6. The predicted octanol–water partition coefficient (Wildman–Crippen LogP) is 2.52. The van der Waals surface area contributed by atoms with E-state index in [0.29, 0.717) is 25.2 Å². The number of carbonyl (C=O) groups excluding carboxylic acids is 1. The van der Waals surface area contributed by atoms with E-state index in [-0.39, 0.29) is 5.56 Å². The van der Waals surface area contributed by atoms with E-state index in [2.05, 4.69) is 25.3 Å². The van der Waals surface area contributed by atoms with Crippen molar-refractivity contribution in [2.24, 2.45) is 0 Å². The summed E-state index contributed by atoms with van der Waals surface area (Å²) in [5.74, 6) is -0.532. The summed E-state index contributed by atoms with van der Waals surface area (Å²) in [5, 5.41) is 5.49. The number of aromatic nitrogens is 2. The van der Waals surface area contributed by atoms with Crippen molar-refractivity contribution in [3.63, 3.8) is 0 Å². The average molecular weight is 384 g/mol. The average Bonchev–Trinajstić information content (AvgIpc) is 2.60. The zero-order valence-electron chi connectivity index (χ0n) is 14.0. The molecular formula is C17H16F4N4O2. The van der Waals surface area contributed by atoms with Crippen molar-refractivity contribution in [1.29, 1.82) is 0 Å². The van der Waals surface area contributed by atoms with Crippen molar-refractivity contribution < 1.29 is 27.1 Å². The Hall–Kier alpha value is -2.75. The third-order valence-electron chi connectivity index (χ3n) is 3.87. The van der Waals surface area contributed by atoms with Gasteiger partial charge in [-0.3, -0.25) is 4.79 Å². The van der Waals surface area contributed by atoms with Crippen molar-refractivity contribution in [3.05, 3.63) is 47.8 Å². The van der Waals surface area contributed by atoms with Gasteiger partial charge in [-0.1, -0.05) is 12.1 Å². The first-order chi connectivity index (χ1) is 12.7. The predicted molar refractivity (Wildman–Crippen MR) is 88.4 cm³/mol. The van der Waals surface area contributed by atoms with Crippen LogP contribution in [0.1, 0.15) is 15.9 Å². The summed E-state index contributed by atoms with van der Waals surface area (Å²) in [5.41, 5.74) is 0.131. The highest BCUT2D eigenvalue weighted by Crippen LogP contribution is 2.23. The molecule has 144 valence electrons. The minimum atomic E-state index is -4.50. The number of anilines is 1. The van der Waals surface area contributed by atoms with E-state index in [0.717, 1.165) is 18.0 Å². The fourth-order valence-electron chi connectivity index (χ4n) is 2.45. The third-order valence-corrected chi connectivity index (χ3v) is 3.87. The second-order valence-electron chi connectivity index (χ2n) is 6.24. The van der Waals surface area contributed by atoms with Crippen molar-refractivity contribution >= 4 is 11.6 Å². The Labute approximate surface area is 152 Å². The van der Waals surface area contributed by atoms with Gasteiger partial charge in [-0.2, -0.15) is 13.2 Å². The topological polar surface area (TPSA) is 76.1 Å². The van der Waals surface area contributed by atoms with Crippen molar-refractivity contribution in [2.75, 3.05) is 25.0 Å². The van der Waals surface area contributed by atoms with Gasteiger partial charge in [0, 0.05) is 37.6 Å². The fraction of sp³-hybridized carbons (Fsp3) is 0.353. The number of hydrogen-bond acceptors (Lipinski definition) is 5. The summed E-state index contributed by atoms with van der Waals surface area (Å²) in [6.07, 6.45) is -2.07. The molecule has 0 unspecified atom stereocenters. The SMILES string of the molecule is O=C(Nc1ccc(CC2(F)CNC2)cc1)c1cnc(OCC(F)(F)F)nc1. The number of ether oxygens (including phenoxy) is 1. The highest BCUT2D eigenvalue weighted by Gasteiger charge is 2.36.